The Bertz CT molecular complexity index is 486. The third kappa shape index (κ3) is 4.98. The normalized spacial score (nSPS) is 13.2. The Morgan fingerprint density at radius 2 is 1.04 bits per heavy atom. The van der Waals surface area contributed by atoms with Gasteiger partial charge in [0.1, 0.15) is 0 Å². The molecule has 0 saturated carbocycles. The molecule has 6 heteroatoms. The van der Waals surface area contributed by atoms with Crippen LogP contribution in [0.15, 0.2) is 30.3 Å². The van der Waals surface area contributed by atoms with Crippen molar-refractivity contribution in [2.75, 3.05) is 0 Å². The van der Waals surface area contributed by atoms with Crippen molar-refractivity contribution in [3.05, 3.63) is 30.3 Å². The molecule has 3 nitrogen and oxygen atoms in total. The SMILES string of the molecule is CC[Si](CC)(CC)O[As](=O)(O[Si](CC)(CC)CC)c1ccccc1. The van der Waals surface area contributed by atoms with Crippen LogP contribution in [0.5, 0.6) is 0 Å². The molecule has 0 aliphatic heterocycles. The molecule has 0 bridgehead atoms. The van der Waals surface area contributed by atoms with E-state index in [1.165, 1.54) is 0 Å². The first-order valence-electron chi connectivity index (χ1n) is 9.45. The third-order valence-electron chi connectivity index (χ3n) is 5.57. The summed E-state index contributed by atoms with van der Waals surface area (Å²) >= 11 is -4.07. The summed E-state index contributed by atoms with van der Waals surface area (Å²) < 4.78 is 28.0. The molecule has 24 heavy (non-hydrogen) atoms. The van der Waals surface area contributed by atoms with Crippen molar-refractivity contribution in [2.45, 2.75) is 77.8 Å². The predicted molar refractivity (Wildman–Crippen MR) is 109 cm³/mol. The van der Waals surface area contributed by atoms with Crippen LogP contribution >= 0.6 is 0 Å². The first-order chi connectivity index (χ1) is 11.4. The van der Waals surface area contributed by atoms with Gasteiger partial charge in [0, 0.05) is 0 Å². The molecule has 0 unspecified atom stereocenters. The number of benzene rings is 1. The molecule has 0 radical (unpaired) electrons. The Hall–Kier alpha value is -0.0678. The summed E-state index contributed by atoms with van der Waals surface area (Å²) in [5, 5.41) is 0. The average Bonchev–Trinajstić information content (AvgIpc) is 2.65. The standard InChI is InChI=1S/C18H35AsO3Si2/c1-7-23(8-2,9-3)21-19(20,18-16-14-13-15-17-18)22-24(10-4,11-5)12-6/h13-17H,7-12H2,1-6H3. The maximum atomic E-state index is 14.1. The Morgan fingerprint density at radius 3 is 1.33 bits per heavy atom. The molecule has 0 spiro atoms. The van der Waals surface area contributed by atoms with Crippen LogP contribution in [0.1, 0.15) is 41.5 Å². The van der Waals surface area contributed by atoms with Crippen LogP contribution < -0.4 is 4.35 Å². The zero-order valence-corrected chi connectivity index (χ0v) is 20.2. The zero-order chi connectivity index (χ0) is 18.3. The summed E-state index contributed by atoms with van der Waals surface area (Å²) in [6.07, 6.45) is 0. The van der Waals surface area contributed by atoms with Gasteiger partial charge in [0.05, 0.1) is 0 Å². The molecule has 0 fully saturated rings. The molecular formula is C18H35AsO3Si2. The van der Waals surface area contributed by atoms with Gasteiger partial charge in [-0.25, -0.2) is 0 Å². The van der Waals surface area contributed by atoms with Crippen LogP contribution in [0, 0.1) is 0 Å². The van der Waals surface area contributed by atoms with Gasteiger partial charge in [0.15, 0.2) is 0 Å². The van der Waals surface area contributed by atoms with Crippen molar-refractivity contribution in [1.29, 1.82) is 0 Å². The van der Waals surface area contributed by atoms with Gasteiger partial charge in [-0.05, 0) is 0 Å². The Labute approximate surface area is 153 Å². The molecule has 1 aromatic carbocycles. The average molecular weight is 431 g/mol. The monoisotopic (exact) mass is 430 g/mol. The molecule has 0 saturated heterocycles. The van der Waals surface area contributed by atoms with Gasteiger partial charge in [-0.2, -0.15) is 0 Å². The summed E-state index contributed by atoms with van der Waals surface area (Å²) in [7, 11) is -4.03. The molecule has 0 N–H and O–H groups in total. The minimum atomic E-state index is -4.07. The van der Waals surface area contributed by atoms with Gasteiger partial charge in [0.25, 0.3) is 0 Å². The van der Waals surface area contributed by atoms with Gasteiger partial charge in [-0.3, -0.25) is 0 Å². The molecular weight excluding hydrogens is 395 g/mol. The summed E-state index contributed by atoms with van der Waals surface area (Å²) in [6, 6.07) is 15.6. The van der Waals surface area contributed by atoms with Crippen molar-refractivity contribution < 1.29 is 10.6 Å². The van der Waals surface area contributed by atoms with Gasteiger partial charge in [-0.15, -0.1) is 0 Å². The number of hydrogen-bond donors (Lipinski definition) is 0. The molecule has 0 aliphatic rings. The van der Waals surface area contributed by atoms with Crippen molar-refractivity contribution in [3.8, 4) is 0 Å². The van der Waals surface area contributed by atoms with E-state index in [1.54, 1.807) is 0 Å². The quantitative estimate of drug-likeness (QED) is 0.447. The fourth-order valence-electron chi connectivity index (χ4n) is 3.13. The molecule has 0 amide bonds. The molecule has 0 aromatic heterocycles. The van der Waals surface area contributed by atoms with Crippen molar-refractivity contribution >= 4 is 35.2 Å². The predicted octanol–water partition coefficient (Wildman–Crippen LogP) is 5.31. The van der Waals surface area contributed by atoms with E-state index in [0.717, 1.165) is 40.6 Å². The molecule has 138 valence electrons. The van der Waals surface area contributed by atoms with E-state index in [-0.39, 0.29) is 0 Å². The first-order valence-corrected chi connectivity index (χ1v) is 17.7. The van der Waals surface area contributed by atoms with Crippen LogP contribution in [-0.2, 0) is 10.6 Å². The summed E-state index contributed by atoms with van der Waals surface area (Å²) in [5.74, 6) is 0. The second-order valence-electron chi connectivity index (χ2n) is 6.50. The zero-order valence-electron chi connectivity index (χ0n) is 16.3. The maximum absolute atomic E-state index is 14.1. The Morgan fingerprint density at radius 1 is 0.708 bits per heavy atom. The molecule has 0 aliphatic carbocycles. The van der Waals surface area contributed by atoms with E-state index in [2.05, 4.69) is 41.5 Å². The van der Waals surface area contributed by atoms with Gasteiger partial charge >= 0.3 is 154 Å². The molecule has 1 rings (SSSR count). The van der Waals surface area contributed by atoms with Gasteiger partial charge in [0.2, 0.25) is 0 Å². The van der Waals surface area contributed by atoms with E-state index < -0.39 is 30.8 Å². The van der Waals surface area contributed by atoms with Gasteiger partial charge < -0.3 is 0 Å². The third-order valence-corrected chi connectivity index (χ3v) is 24.4. The van der Waals surface area contributed by atoms with Crippen molar-refractivity contribution in [2.24, 2.45) is 0 Å². The van der Waals surface area contributed by atoms with Crippen LogP contribution in [0.3, 0.4) is 0 Å². The van der Waals surface area contributed by atoms with Gasteiger partial charge in [-0.1, -0.05) is 0 Å². The molecule has 1 aromatic rings. The van der Waals surface area contributed by atoms with Crippen molar-refractivity contribution in [1.82, 2.24) is 0 Å². The number of rotatable bonds is 11. The molecule has 0 heterocycles. The van der Waals surface area contributed by atoms with E-state index in [9.17, 15) is 3.74 Å². The van der Waals surface area contributed by atoms with E-state index in [0.29, 0.717) is 0 Å². The summed E-state index contributed by atoms with van der Waals surface area (Å²) in [5.41, 5.74) is 0. The van der Waals surface area contributed by atoms with E-state index in [1.807, 2.05) is 30.3 Å². The summed E-state index contributed by atoms with van der Waals surface area (Å²) in [4.78, 5) is 0. The van der Waals surface area contributed by atoms with Crippen LogP contribution in [0.2, 0.25) is 36.3 Å². The second kappa shape index (κ2) is 9.58. The fourth-order valence-corrected chi connectivity index (χ4v) is 22.7. The first kappa shape index (κ1) is 22.0. The number of hydrogen-bond acceptors (Lipinski definition) is 3. The second-order valence-corrected chi connectivity index (χ2v) is 21.3. The molecule has 0 atom stereocenters. The van der Waals surface area contributed by atoms with Crippen molar-refractivity contribution in [3.63, 3.8) is 0 Å². The van der Waals surface area contributed by atoms with E-state index in [4.69, 9.17) is 6.83 Å². The Kier molecular flexibility index (Phi) is 8.77. The van der Waals surface area contributed by atoms with Crippen LogP contribution in [0.25, 0.3) is 0 Å². The Balaban J connectivity index is 3.35. The minimum absolute atomic E-state index is 0.787. The fraction of sp³-hybridized carbons (Fsp3) is 0.667. The van der Waals surface area contributed by atoms with Crippen LogP contribution in [0.4, 0.5) is 0 Å². The van der Waals surface area contributed by atoms with E-state index >= 15 is 0 Å². The topological polar surface area (TPSA) is 35.5 Å². The van der Waals surface area contributed by atoms with Crippen LogP contribution in [-0.4, -0.2) is 30.8 Å². The summed E-state index contributed by atoms with van der Waals surface area (Å²) in [6.45, 7) is 13.1.